The Morgan fingerprint density at radius 2 is 1.54 bits per heavy atom. The van der Waals surface area contributed by atoms with Gasteiger partial charge in [0.05, 0.1) is 6.10 Å². The summed E-state index contributed by atoms with van der Waals surface area (Å²) in [5, 5.41) is 12.1. The summed E-state index contributed by atoms with van der Waals surface area (Å²) in [5.74, 6) is -1.01. The second-order valence-corrected chi connectivity index (χ2v) is 4.50. The van der Waals surface area contributed by atoms with Crippen molar-refractivity contribution in [3.8, 4) is 0 Å². The molecule has 1 radical (unpaired) electrons. The minimum Gasteiger partial charge on any atom is -0.344 e. The Morgan fingerprint density at radius 3 is 2.15 bits per heavy atom. The number of rotatable bonds is 2. The molecule has 0 heterocycles. The average molecular weight is 183 g/mol. The molecule has 0 bridgehead atoms. The van der Waals surface area contributed by atoms with Gasteiger partial charge in [0, 0.05) is 12.8 Å². The van der Waals surface area contributed by atoms with E-state index in [4.69, 9.17) is 4.74 Å². The Kier molecular flexibility index (Phi) is 2.89. The van der Waals surface area contributed by atoms with Crippen LogP contribution in [0.25, 0.3) is 0 Å². The highest BCUT2D eigenvalue weighted by molar-refractivity contribution is 4.77. The monoisotopic (exact) mass is 183 g/mol. The number of ether oxygens (including phenoxy) is 1. The first-order valence-corrected chi connectivity index (χ1v) is 5.67. The van der Waals surface area contributed by atoms with Crippen LogP contribution in [0.15, 0.2) is 0 Å². The van der Waals surface area contributed by atoms with Crippen LogP contribution in [0.1, 0.15) is 57.8 Å². The minimum atomic E-state index is -1.01. The number of hydrogen-bond donors (Lipinski definition) is 0. The summed E-state index contributed by atoms with van der Waals surface area (Å²) >= 11 is 0. The van der Waals surface area contributed by atoms with Crippen LogP contribution in [0.3, 0.4) is 0 Å². The smallest absolute Gasteiger partial charge is 0.201 e. The van der Waals surface area contributed by atoms with Crippen LogP contribution in [0, 0.1) is 0 Å². The zero-order chi connectivity index (χ0) is 9.15. The van der Waals surface area contributed by atoms with Gasteiger partial charge in [-0.05, 0) is 25.7 Å². The van der Waals surface area contributed by atoms with Crippen molar-refractivity contribution in [3.05, 3.63) is 0 Å². The summed E-state index contributed by atoms with van der Waals surface area (Å²) in [6, 6.07) is 0. The van der Waals surface area contributed by atoms with Crippen LogP contribution >= 0.6 is 0 Å². The van der Waals surface area contributed by atoms with Crippen molar-refractivity contribution >= 4 is 0 Å². The van der Waals surface area contributed by atoms with E-state index >= 15 is 0 Å². The molecule has 0 aromatic rings. The maximum Gasteiger partial charge on any atom is 0.201 e. The minimum absolute atomic E-state index is 0.288. The largest absolute Gasteiger partial charge is 0.344 e. The van der Waals surface area contributed by atoms with Crippen LogP contribution in [0.4, 0.5) is 0 Å². The van der Waals surface area contributed by atoms with Crippen molar-refractivity contribution in [2.45, 2.75) is 69.7 Å². The summed E-state index contributed by atoms with van der Waals surface area (Å²) in [5.41, 5.74) is 0. The van der Waals surface area contributed by atoms with Crippen molar-refractivity contribution in [1.82, 2.24) is 0 Å². The van der Waals surface area contributed by atoms with Crippen LogP contribution in [-0.4, -0.2) is 11.9 Å². The molecule has 0 spiro atoms. The van der Waals surface area contributed by atoms with Gasteiger partial charge in [-0.1, -0.05) is 19.3 Å². The fraction of sp³-hybridized carbons (Fsp3) is 1.00. The lowest BCUT2D eigenvalue weighted by Crippen LogP contribution is -2.36. The standard InChI is InChI=1S/C11H19O2/c12-11(8-4-1-5-9-11)13-10-6-2-3-7-10/h10H,1-9H2. The van der Waals surface area contributed by atoms with Crippen LogP contribution < -0.4 is 0 Å². The predicted octanol–water partition coefficient (Wildman–Crippen LogP) is 3.04. The van der Waals surface area contributed by atoms with Gasteiger partial charge in [0.15, 0.2) is 0 Å². The third-order valence-electron chi connectivity index (χ3n) is 3.30. The van der Waals surface area contributed by atoms with Gasteiger partial charge >= 0.3 is 0 Å². The summed E-state index contributed by atoms with van der Waals surface area (Å²) < 4.78 is 5.68. The summed E-state index contributed by atoms with van der Waals surface area (Å²) in [6.07, 6.45) is 9.85. The van der Waals surface area contributed by atoms with Gasteiger partial charge in [-0.25, -0.2) is 0 Å². The first-order chi connectivity index (χ1) is 6.29. The van der Waals surface area contributed by atoms with E-state index in [9.17, 15) is 5.11 Å². The van der Waals surface area contributed by atoms with E-state index in [1.807, 2.05) is 0 Å². The van der Waals surface area contributed by atoms with Crippen LogP contribution in [0.2, 0.25) is 0 Å². The lowest BCUT2D eigenvalue weighted by Gasteiger charge is -2.32. The molecule has 2 fully saturated rings. The summed E-state index contributed by atoms with van der Waals surface area (Å²) in [7, 11) is 0. The molecular weight excluding hydrogens is 164 g/mol. The zero-order valence-corrected chi connectivity index (χ0v) is 8.26. The van der Waals surface area contributed by atoms with Crippen LogP contribution in [-0.2, 0) is 9.84 Å². The molecule has 2 nitrogen and oxygen atoms in total. The molecule has 0 aromatic carbocycles. The van der Waals surface area contributed by atoms with E-state index in [2.05, 4.69) is 0 Å². The van der Waals surface area contributed by atoms with Crippen molar-refractivity contribution < 1.29 is 9.84 Å². The number of hydrogen-bond acceptors (Lipinski definition) is 1. The molecule has 75 valence electrons. The van der Waals surface area contributed by atoms with Gasteiger partial charge in [0.25, 0.3) is 0 Å². The molecule has 2 rings (SSSR count). The molecular formula is C11H19O2. The first kappa shape index (κ1) is 9.47. The molecule has 13 heavy (non-hydrogen) atoms. The molecule has 2 aliphatic rings. The van der Waals surface area contributed by atoms with E-state index in [0.717, 1.165) is 38.5 Å². The molecule has 0 atom stereocenters. The normalized spacial score (nSPS) is 29.3. The molecule has 0 amide bonds. The average Bonchev–Trinajstić information content (AvgIpc) is 2.57. The molecule has 0 saturated heterocycles. The van der Waals surface area contributed by atoms with Crippen LogP contribution in [0.5, 0.6) is 0 Å². The molecule has 0 aromatic heterocycles. The lowest BCUT2D eigenvalue weighted by molar-refractivity contribution is -0.276. The van der Waals surface area contributed by atoms with Gasteiger partial charge in [-0.2, -0.15) is 5.11 Å². The van der Waals surface area contributed by atoms with Crippen molar-refractivity contribution in [2.75, 3.05) is 0 Å². The Bertz CT molecular complexity index is 155. The lowest BCUT2D eigenvalue weighted by atomic mass is 9.94. The van der Waals surface area contributed by atoms with Gasteiger partial charge in [0.2, 0.25) is 5.79 Å². The molecule has 2 heteroatoms. The van der Waals surface area contributed by atoms with E-state index in [1.54, 1.807) is 0 Å². The molecule has 0 aliphatic heterocycles. The molecule has 0 unspecified atom stereocenters. The van der Waals surface area contributed by atoms with Gasteiger partial charge < -0.3 is 4.74 Å². The third-order valence-corrected chi connectivity index (χ3v) is 3.30. The Labute approximate surface area is 80.3 Å². The zero-order valence-electron chi connectivity index (χ0n) is 8.26. The highest BCUT2D eigenvalue weighted by atomic mass is 16.6. The first-order valence-electron chi connectivity index (χ1n) is 5.67. The highest BCUT2D eigenvalue weighted by Gasteiger charge is 2.35. The summed E-state index contributed by atoms with van der Waals surface area (Å²) in [6.45, 7) is 0. The Balaban J connectivity index is 1.83. The summed E-state index contributed by atoms with van der Waals surface area (Å²) in [4.78, 5) is 0. The topological polar surface area (TPSA) is 29.1 Å². The van der Waals surface area contributed by atoms with Gasteiger partial charge in [-0.15, -0.1) is 0 Å². The Hall–Kier alpha value is -0.0800. The van der Waals surface area contributed by atoms with Crippen molar-refractivity contribution in [3.63, 3.8) is 0 Å². The third kappa shape index (κ3) is 2.44. The maximum atomic E-state index is 12.1. The van der Waals surface area contributed by atoms with E-state index in [1.165, 1.54) is 19.3 Å². The highest BCUT2D eigenvalue weighted by Crippen LogP contribution is 2.34. The Morgan fingerprint density at radius 1 is 0.923 bits per heavy atom. The van der Waals surface area contributed by atoms with E-state index < -0.39 is 5.79 Å². The SMILES string of the molecule is [O]C1(OC2CCCC2)CCCCC1. The van der Waals surface area contributed by atoms with E-state index in [-0.39, 0.29) is 6.10 Å². The van der Waals surface area contributed by atoms with Gasteiger partial charge in [0.1, 0.15) is 0 Å². The fourth-order valence-electron chi connectivity index (χ4n) is 2.52. The second-order valence-electron chi connectivity index (χ2n) is 4.50. The van der Waals surface area contributed by atoms with Crippen molar-refractivity contribution in [2.24, 2.45) is 0 Å². The van der Waals surface area contributed by atoms with Gasteiger partial charge in [-0.3, -0.25) is 0 Å². The quantitative estimate of drug-likeness (QED) is 0.605. The second kappa shape index (κ2) is 3.97. The predicted molar refractivity (Wildman–Crippen MR) is 49.8 cm³/mol. The molecule has 2 saturated carbocycles. The molecule has 0 N–H and O–H groups in total. The fourth-order valence-corrected chi connectivity index (χ4v) is 2.52. The molecule has 2 aliphatic carbocycles. The van der Waals surface area contributed by atoms with E-state index in [0.29, 0.717) is 0 Å². The van der Waals surface area contributed by atoms with Crippen molar-refractivity contribution in [1.29, 1.82) is 0 Å². The maximum absolute atomic E-state index is 12.1.